The lowest BCUT2D eigenvalue weighted by atomic mass is 9.99. The lowest BCUT2D eigenvalue weighted by molar-refractivity contribution is 1.12. The van der Waals surface area contributed by atoms with Crippen LogP contribution in [0.5, 0.6) is 0 Å². The molecule has 3 aromatic carbocycles. The number of rotatable bonds is 1. The molecule has 0 aliphatic rings. The first kappa shape index (κ1) is 12.0. The molecule has 1 heterocycles. The summed E-state index contributed by atoms with van der Waals surface area (Å²) < 4.78 is 1.77. The van der Waals surface area contributed by atoms with E-state index in [-0.39, 0.29) is 0 Å². The van der Waals surface area contributed by atoms with Crippen molar-refractivity contribution >= 4 is 21.8 Å². The standard InChI is InChI=1S/C19H16N2/c1-13-6-2-3-7-15(13)14-10-11-19-17(12-14)16-8-4-5-9-18(16)21(19)20/h2-12H,20H2,1H3. The molecule has 21 heavy (non-hydrogen) atoms. The highest BCUT2D eigenvalue weighted by atomic mass is 15.3. The molecule has 0 aliphatic heterocycles. The fourth-order valence-corrected chi connectivity index (χ4v) is 3.07. The molecule has 2 nitrogen and oxygen atoms in total. The molecule has 2 N–H and O–H groups in total. The number of nitrogens with two attached hydrogens (primary N) is 1. The highest BCUT2D eigenvalue weighted by Gasteiger charge is 2.10. The lowest BCUT2D eigenvalue weighted by Gasteiger charge is -2.06. The molecular weight excluding hydrogens is 256 g/mol. The molecule has 0 atom stereocenters. The van der Waals surface area contributed by atoms with E-state index in [1.165, 1.54) is 27.5 Å². The molecule has 0 amide bonds. The van der Waals surface area contributed by atoms with Crippen molar-refractivity contribution in [1.29, 1.82) is 0 Å². The molecule has 0 fully saturated rings. The van der Waals surface area contributed by atoms with Crippen LogP contribution in [-0.4, -0.2) is 4.68 Å². The number of nitrogen functional groups attached to an aromatic ring is 1. The molecule has 0 unspecified atom stereocenters. The van der Waals surface area contributed by atoms with E-state index in [9.17, 15) is 0 Å². The van der Waals surface area contributed by atoms with E-state index < -0.39 is 0 Å². The molecule has 0 radical (unpaired) electrons. The van der Waals surface area contributed by atoms with Crippen LogP contribution < -0.4 is 5.84 Å². The number of aromatic nitrogens is 1. The van der Waals surface area contributed by atoms with Crippen molar-refractivity contribution in [2.24, 2.45) is 0 Å². The van der Waals surface area contributed by atoms with Crippen LogP contribution in [0, 0.1) is 6.92 Å². The Labute approximate surface area is 123 Å². The van der Waals surface area contributed by atoms with Crippen LogP contribution in [-0.2, 0) is 0 Å². The third-order valence-electron chi connectivity index (χ3n) is 4.17. The van der Waals surface area contributed by atoms with Crippen LogP contribution in [0.1, 0.15) is 5.56 Å². The first-order chi connectivity index (χ1) is 10.3. The van der Waals surface area contributed by atoms with Gasteiger partial charge in [-0.25, -0.2) is 0 Å². The van der Waals surface area contributed by atoms with Crippen LogP contribution in [0.25, 0.3) is 32.9 Å². The number of hydrogen-bond donors (Lipinski definition) is 1. The van der Waals surface area contributed by atoms with Gasteiger partial charge < -0.3 is 5.84 Å². The minimum absolute atomic E-state index is 1.06. The predicted molar refractivity (Wildman–Crippen MR) is 89.8 cm³/mol. The lowest BCUT2D eigenvalue weighted by Crippen LogP contribution is -2.06. The highest BCUT2D eigenvalue weighted by Crippen LogP contribution is 2.32. The van der Waals surface area contributed by atoms with E-state index in [4.69, 9.17) is 5.84 Å². The minimum Gasteiger partial charge on any atom is -0.339 e. The Balaban J connectivity index is 2.07. The monoisotopic (exact) mass is 272 g/mol. The zero-order valence-corrected chi connectivity index (χ0v) is 11.9. The van der Waals surface area contributed by atoms with Crippen molar-refractivity contribution in [3.05, 3.63) is 72.3 Å². The van der Waals surface area contributed by atoms with Gasteiger partial charge in [0.15, 0.2) is 0 Å². The Bertz CT molecular complexity index is 964. The molecule has 4 aromatic rings. The number of nitrogens with zero attached hydrogens (tertiary/aromatic N) is 1. The second kappa shape index (κ2) is 4.38. The summed E-state index contributed by atoms with van der Waals surface area (Å²) in [6.07, 6.45) is 0. The Kier molecular flexibility index (Phi) is 2.51. The van der Waals surface area contributed by atoms with E-state index in [0.29, 0.717) is 0 Å². The molecule has 0 saturated carbocycles. The van der Waals surface area contributed by atoms with E-state index in [1.54, 1.807) is 4.68 Å². The van der Waals surface area contributed by atoms with Gasteiger partial charge in [-0.1, -0.05) is 48.5 Å². The van der Waals surface area contributed by atoms with Crippen molar-refractivity contribution in [1.82, 2.24) is 4.68 Å². The summed E-state index contributed by atoms with van der Waals surface area (Å²) in [5.74, 6) is 6.21. The second-order valence-corrected chi connectivity index (χ2v) is 5.43. The summed E-state index contributed by atoms with van der Waals surface area (Å²) in [5, 5.41) is 2.40. The molecule has 102 valence electrons. The Hall–Kier alpha value is -2.74. The van der Waals surface area contributed by atoms with Gasteiger partial charge >= 0.3 is 0 Å². The number of para-hydroxylation sites is 1. The number of aryl methyl sites for hydroxylation is 1. The number of benzene rings is 3. The van der Waals surface area contributed by atoms with Gasteiger partial charge in [0, 0.05) is 10.8 Å². The SMILES string of the molecule is Cc1ccccc1-c1ccc2c(c1)c1ccccc1n2N. The second-order valence-electron chi connectivity index (χ2n) is 5.43. The van der Waals surface area contributed by atoms with Crippen molar-refractivity contribution in [3.63, 3.8) is 0 Å². The number of fused-ring (bicyclic) bond motifs is 3. The molecule has 2 heteroatoms. The van der Waals surface area contributed by atoms with E-state index in [1.807, 2.05) is 6.07 Å². The molecule has 0 saturated heterocycles. The molecular formula is C19H16N2. The van der Waals surface area contributed by atoms with Crippen LogP contribution in [0.2, 0.25) is 0 Å². The Morgan fingerprint density at radius 3 is 2.33 bits per heavy atom. The largest absolute Gasteiger partial charge is 0.339 e. The van der Waals surface area contributed by atoms with Crippen molar-refractivity contribution in [3.8, 4) is 11.1 Å². The Morgan fingerprint density at radius 1 is 0.762 bits per heavy atom. The van der Waals surface area contributed by atoms with Gasteiger partial charge in [-0.05, 0) is 41.8 Å². The normalized spacial score (nSPS) is 11.3. The van der Waals surface area contributed by atoms with Gasteiger partial charge in [0.05, 0.1) is 11.0 Å². The first-order valence-corrected chi connectivity index (χ1v) is 7.10. The van der Waals surface area contributed by atoms with Crippen LogP contribution >= 0.6 is 0 Å². The molecule has 0 aliphatic carbocycles. The fourth-order valence-electron chi connectivity index (χ4n) is 3.07. The summed E-state index contributed by atoms with van der Waals surface area (Å²) in [7, 11) is 0. The maximum Gasteiger partial charge on any atom is 0.0704 e. The molecule has 0 bridgehead atoms. The van der Waals surface area contributed by atoms with Crippen molar-refractivity contribution in [2.75, 3.05) is 5.84 Å². The van der Waals surface area contributed by atoms with Gasteiger partial charge in [0.25, 0.3) is 0 Å². The Morgan fingerprint density at radius 2 is 1.48 bits per heavy atom. The van der Waals surface area contributed by atoms with Gasteiger partial charge in [-0.2, -0.15) is 0 Å². The maximum absolute atomic E-state index is 6.21. The summed E-state index contributed by atoms with van der Waals surface area (Å²) >= 11 is 0. The van der Waals surface area contributed by atoms with E-state index in [2.05, 4.69) is 67.6 Å². The zero-order chi connectivity index (χ0) is 14.4. The molecule has 1 aromatic heterocycles. The average molecular weight is 272 g/mol. The minimum atomic E-state index is 1.06. The fraction of sp³-hybridized carbons (Fsp3) is 0.0526. The molecule has 4 rings (SSSR count). The molecule has 0 spiro atoms. The predicted octanol–water partition coefficient (Wildman–Crippen LogP) is 4.48. The van der Waals surface area contributed by atoms with E-state index in [0.717, 1.165) is 11.0 Å². The zero-order valence-electron chi connectivity index (χ0n) is 11.9. The van der Waals surface area contributed by atoms with Crippen molar-refractivity contribution < 1.29 is 0 Å². The summed E-state index contributed by atoms with van der Waals surface area (Å²) in [6.45, 7) is 2.14. The average Bonchev–Trinajstić information content (AvgIpc) is 2.81. The van der Waals surface area contributed by atoms with Gasteiger partial charge in [0.1, 0.15) is 0 Å². The topological polar surface area (TPSA) is 30.9 Å². The third kappa shape index (κ3) is 1.73. The summed E-state index contributed by atoms with van der Waals surface area (Å²) in [6, 6.07) is 23.2. The highest BCUT2D eigenvalue weighted by molar-refractivity contribution is 6.09. The summed E-state index contributed by atoms with van der Waals surface area (Å²) in [4.78, 5) is 0. The van der Waals surface area contributed by atoms with Gasteiger partial charge in [0.2, 0.25) is 0 Å². The smallest absolute Gasteiger partial charge is 0.0704 e. The van der Waals surface area contributed by atoms with Crippen LogP contribution in [0.3, 0.4) is 0 Å². The third-order valence-corrected chi connectivity index (χ3v) is 4.17. The van der Waals surface area contributed by atoms with Crippen LogP contribution in [0.4, 0.5) is 0 Å². The van der Waals surface area contributed by atoms with Crippen molar-refractivity contribution in [2.45, 2.75) is 6.92 Å². The summed E-state index contributed by atoms with van der Waals surface area (Å²) in [5.41, 5.74) is 5.92. The van der Waals surface area contributed by atoms with E-state index >= 15 is 0 Å². The maximum atomic E-state index is 6.21. The van der Waals surface area contributed by atoms with Gasteiger partial charge in [-0.3, -0.25) is 4.68 Å². The van der Waals surface area contributed by atoms with Gasteiger partial charge in [-0.15, -0.1) is 0 Å². The van der Waals surface area contributed by atoms with Crippen LogP contribution in [0.15, 0.2) is 66.7 Å². The first-order valence-electron chi connectivity index (χ1n) is 7.10. The number of hydrogen-bond acceptors (Lipinski definition) is 1. The quantitative estimate of drug-likeness (QED) is 0.509.